The van der Waals surface area contributed by atoms with Gasteiger partial charge in [-0.25, -0.2) is 0 Å². The number of aryl methyl sites for hydroxylation is 2. The van der Waals surface area contributed by atoms with Crippen LogP contribution in [0.5, 0.6) is 0 Å². The third kappa shape index (κ3) is 3.13. The Morgan fingerprint density at radius 3 is 0.955 bits per heavy atom. The fraction of sp³-hybridized carbons (Fsp3) is 0.111. The standard InChI is InChI=1S/C18H14Se4/c1-11-3-5-13(19-11)15-7-9-17(21-15)18-10-8-16(22-18)14-6-4-12(2)20-14/h3-10H,1-2H3. The normalized spacial score (nSPS) is 11.2. The maximum absolute atomic E-state index is 2.39. The van der Waals surface area contributed by atoms with Gasteiger partial charge in [0.1, 0.15) is 0 Å². The molecule has 4 rings (SSSR count). The van der Waals surface area contributed by atoms with Gasteiger partial charge in [-0.15, -0.1) is 0 Å². The third-order valence-corrected chi connectivity index (χ3v) is 14.6. The van der Waals surface area contributed by atoms with Gasteiger partial charge in [-0.05, 0) is 0 Å². The van der Waals surface area contributed by atoms with Gasteiger partial charge in [0.05, 0.1) is 0 Å². The summed E-state index contributed by atoms with van der Waals surface area (Å²) in [6, 6.07) is 18.8. The predicted octanol–water partition coefficient (Wildman–Crippen LogP) is 3.53. The Hall–Kier alpha value is -0.00208. The second-order valence-corrected chi connectivity index (χ2v) is 15.1. The molecule has 0 spiro atoms. The molecule has 0 amide bonds. The van der Waals surface area contributed by atoms with Crippen LogP contribution in [-0.4, -0.2) is 58.0 Å². The Labute approximate surface area is 154 Å². The number of rotatable bonds is 3. The summed E-state index contributed by atoms with van der Waals surface area (Å²) in [5.41, 5.74) is 0. The average Bonchev–Trinajstić information content (AvgIpc) is 3.24. The predicted molar refractivity (Wildman–Crippen MR) is 100.0 cm³/mol. The second-order valence-electron chi connectivity index (χ2n) is 5.15. The first-order valence-corrected chi connectivity index (χ1v) is 13.9. The summed E-state index contributed by atoms with van der Waals surface area (Å²) in [4.78, 5) is 0. The van der Waals surface area contributed by atoms with Gasteiger partial charge in [0.15, 0.2) is 0 Å². The second kappa shape index (κ2) is 6.48. The summed E-state index contributed by atoms with van der Waals surface area (Å²) in [7, 11) is 0. The number of hydrogen-bond donors (Lipinski definition) is 0. The van der Waals surface area contributed by atoms with Crippen LogP contribution in [0.4, 0.5) is 0 Å². The van der Waals surface area contributed by atoms with Crippen LogP contribution in [0.2, 0.25) is 0 Å². The monoisotopic (exact) mass is 550 g/mol. The zero-order valence-electron chi connectivity index (χ0n) is 12.3. The van der Waals surface area contributed by atoms with E-state index in [-0.39, 0.29) is 0 Å². The molecule has 0 bridgehead atoms. The van der Waals surface area contributed by atoms with Crippen molar-refractivity contribution in [1.29, 1.82) is 0 Å². The molecule has 22 heavy (non-hydrogen) atoms. The zero-order valence-corrected chi connectivity index (χ0v) is 19.1. The van der Waals surface area contributed by atoms with Crippen LogP contribution in [0.3, 0.4) is 0 Å². The van der Waals surface area contributed by atoms with Gasteiger partial charge in [-0.3, -0.25) is 0 Å². The van der Waals surface area contributed by atoms with E-state index >= 15 is 0 Å². The molecule has 0 saturated heterocycles. The molecule has 0 aliphatic carbocycles. The maximum atomic E-state index is 2.39. The molecular formula is C18H14Se4. The van der Waals surface area contributed by atoms with Crippen LogP contribution >= 0.6 is 0 Å². The van der Waals surface area contributed by atoms with Gasteiger partial charge in [0.25, 0.3) is 0 Å². The van der Waals surface area contributed by atoms with Crippen molar-refractivity contribution in [3.05, 3.63) is 57.4 Å². The quantitative estimate of drug-likeness (QED) is 0.346. The van der Waals surface area contributed by atoms with Crippen molar-refractivity contribution in [2.75, 3.05) is 0 Å². The molecule has 0 aliphatic rings. The molecule has 4 aromatic rings. The van der Waals surface area contributed by atoms with E-state index in [4.69, 9.17) is 0 Å². The average molecular weight is 546 g/mol. The molecule has 0 saturated carbocycles. The minimum atomic E-state index is 0.520. The van der Waals surface area contributed by atoms with Crippen molar-refractivity contribution in [2.45, 2.75) is 13.8 Å². The molecule has 0 nitrogen and oxygen atoms in total. The Morgan fingerprint density at radius 2 is 0.682 bits per heavy atom. The van der Waals surface area contributed by atoms with Crippen molar-refractivity contribution in [1.82, 2.24) is 0 Å². The van der Waals surface area contributed by atoms with Gasteiger partial charge in [0, 0.05) is 0 Å². The molecule has 4 heteroatoms. The number of hydrogen-bond acceptors (Lipinski definition) is 0. The van der Waals surface area contributed by atoms with E-state index in [1.165, 1.54) is 0 Å². The van der Waals surface area contributed by atoms with Gasteiger partial charge < -0.3 is 0 Å². The molecule has 0 radical (unpaired) electrons. The molecule has 0 unspecified atom stereocenters. The zero-order chi connectivity index (χ0) is 15.1. The molecule has 0 N–H and O–H groups in total. The van der Waals surface area contributed by atoms with Gasteiger partial charge in [0.2, 0.25) is 0 Å². The first kappa shape index (κ1) is 15.5. The summed E-state index contributed by atoms with van der Waals surface area (Å²) >= 11 is 2.20. The van der Waals surface area contributed by atoms with Gasteiger partial charge in [-0.2, -0.15) is 0 Å². The first-order valence-electron chi connectivity index (χ1n) is 7.03. The van der Waals surface area contributed by atoms with E-state index in [2.05, 4.69) is 62.4 Å². The van der Waals surface area contributed by atoms with Crippen LogP contribution in [0, 0.1) is 13.8 Å². The van der Waals surface area contributed by atoms with Crippen molar-refractivity contribution in [3.8, 4) is 26.6 Å². The van der Waals surface area contributed by atoms with Crippen LogP contribution < -0.4 is 0 Å². The van der Waals surface area contributed by atoms with E-state index in [0.717, 1.165) is 0 Å². The van der Waals surface area contributed by atoms with E-state index in [0.29, 0.717) is 58.0 Å². The van der Waals surface area contributed by atoms with E-state index in [1.54, 1.807) is 35.5 Å². The molecule has 0 atom stereocenters. The Balaban J connectivity index is 1.65. The fourth-order valence-corrected chi connectivity index (χ4v) is 11.9. The summed E-state index contributed by atoms with van der Waals surface area (Å²) in [5, 5.41) is 0. The Morgan fingerprint density at radius 1 is 0.409 bits per heavy atom. The molecule has 0 fully saturated rings. The van der Waals surface area contributed by atoms with E-state index in [1.807, 2.05) is 0 Å². The van der Waals surface area contributed by atoms with Crippen molar-refractivity contribution in [3.63, 3.8) is 0 Å². The van der Waals surface area contributed by atoms with Gasteiger partial charge in [-0.1, -0.05) is 0 Å². The van der Waals surface area contributed by atoms with Crippen LogP contribution in [-0.2, 0) is 0 Å². The Bertz CT molecular complexity index is 840. The van der Waals surface area contributed by atoms with Crippen molar-refractivity contribution < 1.29 is 0 Å². The summed E-state index contributed by atoms with van der Waals surface area (Å²) in [5.74, 6) is 0. The summed E-state index contributed by atoms with van der Waals surface area (Å²) in [6.07, 6.45) is 0. The molecule has 4 heterocycles. The molecule has 4 aromatic heterocycles. The third-order valence-electron chi connectivity index (χ3n) is 3.42. The minimum absolute atomic E-state index is 0.520. The van der Waals surface area contributed by atoms with Crippen molar-refractivity contribution in [2.24, 2.45) is 0 Å². The summed E-state index contributed by atoms with van der Waals surface area (Å²) in [6.45, 7) is 4.51. The molecule has 0 aliphatic heterocycles. The van der Waals surface area contributed by atoms with Gasteiger partial charge >= 0.3 is 156 Å². The molecule has 0 aromatic carbocycles. The van der Waals surface area contributed by atoms with Crippen LogP contribution in [0.1, 0.15) is 8.87 Å². The summed E-state index contributed by atoms with van der Waals surface area (Å²) < 4.78 is 12.8. The SMILES string of the molecule is Cc1ccc(-c2ccc(-c3ccc(-c4ccc(C)[se]4)[se]3)[se]2)[se]1. The van der Waals surface area contributed by atoms with E-state index < -0.39 is 0 Å². The van der Waals surface area contributed by atoms with Crippen LogP contribution in [0.15, 0.2) is 48.5 Å². The topological polar surface area (TPSA) is 0 Å². The van der Waals surface area contributed by atoms with Crippen molar-refractivity contribution >= 4 is 58.0 Å². The molecular weight excluding hydrogens is 532 g/mol. The van der Waals surface area contributed by atoms with E-state index in [9.17, 15) is 0 Å². The first-order chi connectivity index (χ1) is 10.7. The fourth-order valence-electron chi connectivity index (χ4n) is 2.34. The van der Waals surface area contributed by atoms with Crippen LogP contribution in [0.25, 0.3) is 26.6 Å². The Kier molecular flexibility index (Phi) is 4.57. The molecule has 110 valence electrons.